The van der Waals surface area contributed by atoms with Gasteiger partial charge in [0.05, 0.1) is 24.9 Å². The molecule has 2 rings (SSSR count). The molecule has 2 saturated heterocycles. The molecule has 0 radical (unpaired) electrons. The summed E-state index contributed by atoms with van der Waals surface area (Å²) in [6, 6.07) is 0.383. The summed E-state index contributed by atoms with van der Waals surface area (Å²) in [5, 5.41) is 3.52. The molecule has 2 aliphatic heterocycles. The maximum atomic E-state index is 6.01. The Hall–Kier alpha value is 0.230. The zero-order valence-corrected chi connectivity index (χ0v) is 9.57. The first-order valence-corrected chi connectivity index (χ1v) is 6.47. The Labute approximate surface area is 89.9 Å². The number of hydrogen-bond donors (Lipinski definition) is 1. The first kappa shape index (κ1) is 10.7. The van der Waals surface area contributed by atoms with Gasteiger partial charge in [-0.3, -0.25) is 0 Å². The molecule has 0 amide bonds. The van der Waals surface area contributed by atoms with Gasteiger partial charge in [0, 0.05) is 19.4 Å². The Bertz CT molecular complexity index is 173. The molecule has 2 atom stereocenters. The first-order valence-electron chi connectivity index (χ1n) is 5.31. The molecule has 3 nitrogen and oxygen atoms in total. The molecule has 0 bridgehead atoms. The van der Waals surface area contributed by atoms with Gasteiger partial charge in [-0.2, -0.15) is 11.8 Å². The van der Waals surface area contributed by atoms with E-state index in [1.54, 1.807) is 7.11 Å². The van der Waals surface area contributed by atoms with Crippen molar-refractivity contribution in [3.8, 4) is 0 Å². The van der Waals surface area contributed by atoms with E-state index in [2.05, 4.69) is 5.32 Å². The van der Waals surface area contributed by atoms with Crippen LogP contribution < -0.4 is 5.32 Å². The highest BCUT2D eigenvalue weighted by atomic mass is 32.2. The molecule has 82 valence electrons. The van der Waals surface area contributed by atoms with Gasteiger partial charge in [0.25, 0.3) is 0 Å². The van der Waals surface area contributed by atoms with E-state index in [1.807, 2.05) is 11.8 Å². The van der Waals surface area contributed by atoms with Gasteiger partial charge in [0.15, 0.2) is 0 Å². The fourth-order valence-corrected chi connectivity index (χ4v) is 3.60. The van der Waals surface area contributed by atoms with Crippen molar-refractivity contribution in [3.63, 3.8) is 0 Å². The average molecular weight is 217 g/mol. The van der Waals surface area contributed by atoms with E-state index >= 15 is 0 Å². The van der Waals surface area contributed by atoms with E-state index in [0.717, 1.165) is 25.5 Å². The van der Waals surface area contributed by atoms with E-state index < -0.39 is 0 Å². The largest absolute Gasteiger partial charge is 0.383 e. The highest BCUT2D eigenvalue weighted by Crippen LogP contribution is 2.34. The van der Waals surface area contributed by atoms with Gasteiger partial charge < -0.3 is 14.8 Å². The third-order valence-corrected chi connectivity index (χ3v) is 4.36. The Morgan fingerprint density at radius 3 is 3.29 bits per heavy atom. The van der Waals surface area contributed by atoms with Gasteiger partial charge in [-0.1, -0.05) is 0 Å². The van der Waals surface area contributed by atoms with E-state index in [-0.39, 0.29) is 5.60 Å². The van der Waals surface area contributed by atoms with Crippen LogP contribution in [0.5, 0.6) is 0 Å². The van der Waals surface area contributed by atoms with Crippen molar-refractivity contribution in [2.24, 2.45) is 0 Å². The number of morpholine rings is 1. The summed E-state index contributed by atoms with van der Waals surface area (Å²) >= 11 is 2.01. The van der Waals surface area contributed by atoms with E-state index in [1.165, 1.54) is 18.6 Å². The highest BCUT2D eigenvalue weighted by molar-refractivity contribution is 7.99. The van der Waals surface area contributed by atoms with E-state index in [9.17, 15) is 0 Å². The standard InChI is InChI=1S/C10H19NO2S/c1-12-7-9-10(13-5-4-11-9)3-2-6-14-8-10/h9,11H,2-8H2,1H3. The molecule has 1 N–H and O–H groups in total. The SMILES string of the molecule is COCC1NCCOC12CCCSC2. The number of nitrogens with one attached hydrogen (secondary N) is 1. The van der Waals surface area contributed by atoms with Gasteiger partial charge in [0.1, 0.15) is 0 Å². The lowest BCUT2D eigenvalue weighted by molar-refractivity contribution is -0.101. The number of ether oxygens (including phenoxy) is 2. The zero-order chi connectivity index (χ0) is 9.86. The molecule has 0 aromatic rings. The van der Waals surface area contributed by atoms with Gasteiger partial charge in [0.2, 0.25) is 0 Å². The van der Waals surface area contributed by atoms with Crippen molar-refractivity contribution in [2.45, 2.75) is 24.5 Å². The third kappa shape index (κ3) is 2.08. The number of methoxy groups -OCH3 is 1. The molecular formula is C10H19NO2S. The van der Waals surface area contributed by atoms with Crippen LogP contribution in [0.4, 0.5) is 0 Å². The van der Waals surface area contributed by atoms with Crippen molar-refractivity contribution < 1.29 is 9.47 Å². The molecule has 0 saturated carbocycles. The van der Waals surface area contributed by atoms with Crippen LogP contribution in [0.15, 0.2) is 0 Å². The average Bonchev–Trinajstić information content (AvgIpc) is 2.23. The Balaban J connectivity index is 2.02. The molecule has 1 spiro atoms. The minimum Gasteiger partial charge on any atom is -0.383 e. The minimum absolute atomic E-state index is 0.0528. The van der Waals surface area contributed by atoms with Crippen molar-refractivity contribution in [2.75, 3.05) is 38.4 Å². The molecule has 14 heavy (non-hydrogen) atoms. The lowest BCUT2D eigenvalue weighted by Gasteiger charge is -2.46. The minimum atomic E-state index is 0.0528. The quantitative estimate of drug-likeness (QED) is 0.744. The van der Waals surface area contributed by atoms with Gasteiger partial charge in [-0.25, -0.2) is 0 Å². The first-order chi connectivity index (χ1) is 6.87. The summed E-state index contributed by atoms with van der Waals surface area (Å²) in [4.78, 5) is 0. The molecule has 0 aliphatic carbocycles. The zero-order valence-electron chi connectivity index (χ0n) is 8.75. The summed E-state index contributed by atoms with van der Waals surface area (Å²) in [5.74, 6) is 2.40. The summed E-state index contributed by atoms with van der Waals surface area (Å²) in [5.41, 5.74) is 0.0528. The second kappa shape index (κ2) is 4.84. The summed E-state index contributed by atoms with van der Waals surface area (Å²) in [6.07, 6.45) is 2.45. The smallest absolute Gasteiger partial charge is 0.0947 e. The normalized spacial score (nSPS) is 38.8. The predicted molar refractivity (Wildman–Crippen MR) is 58.9 cm³/mol. The van der Waals surface area contributed by atoms with Crippen LogP contribution in [-0.4, -0.2) is 50.0 Å². The van der Waals surface area contributed by atoms with Gasteiger partial charge in [-0.15, -0.1) is 0 Å². The van der Waals surface area contributed by atoms with Crippen LogP contribution in [-0.2, 0) is 9.47 Å². The molecular weight excluding hydrogens is 198 g/mol. The fourth-order valence-electron chi connectivity index (χ4n) is 2.33. The summed E-state index contributed by atoms with van der Waals surface area (Å²) in [7, 11) is 1.76. The van der Waals surface area contributed by atoms with Gasteiger partial charge in [-0.05, 0) is 18.6 Å². The van der Waals surface area contributed by atoms with Crippen molar-refractivity contribution in [1.82, 2.24) is 5.32 Å². The molecule has 2 aliphatic rings. The molecule has 2 unspecified atom stereocenters. The Kier molecular flexibility index (Phi) is 3.71. The van der Waals surface area contributed by atoms with Crippen LogP contribution in [0.3, 0.4) is 0 Å². The van der Waals surface area contributed by atoms with Crippen LogP contribution >= 0.6 is 11.8 Å². The predicted octanol–water partition coefficient (Wildman–Crippen LogP) is 0.887. The fraction of sp³-hybridized carbons (Fsp3) is 1.00. The maximum absolute atomic E-state index is 6.01. The number of thioether (sulfide) groups is 1. The van der Waals surface area contributed by atoms with E-state index in [0.29, 0.717) is 6.04 Å². The second-order valence-corrected chi connectivity index (χ2v) is 5.14. The van der Waals surface area contributed by atoms with Crippen LogP contribution in [0, 0.1) is 0 Å². The molecule has 0 aromatic heterocycles. The van der Waals surface area contributed by atoms with Gasteiger partial charge >= 0.3 is 0 Å². The van der Waals surface area contributed by atoms with Crippen LogP contribution in [0.2, 0.25) is 0 Å². The van der Waals surface area contributed by atoms with Crippen LogP contribution in [0.25, 0.3) is 0 Å². The van der Waals surface area contributed by atoms with Crippen molar-refractivity contribution >= 4 is 11.8 Å². The topological polar surface area (TPSA) is 30.5 Å². The molecule has 4 heteroatoms. The Morgan fingerprint density at radius 2 is 2.57 bits per heavy atom. The summed E-state index contributed by atoms with van der Waals surface area (Å²) in [6.45, 7) is 2.57. The van der Waals surface area contributed by atoms with Crippen molar-refractivity contribution in [3.05, 3.63) is 0 Å². The maximum Gasteiger partial charge on any atom is 0.0947 e. The lowest BCUT2D eigenvalue weighted by atomic mass is 9.89. The number of rotatable bonds is 2. The highest BCUT2D eigenvalue weighted by Gasteiger charge is 2.43. The third-order valence-electron chi connectivity index (χ3n) is 3.09. The molecule has 2 heterocycles. The lowest BCUT2D eigenvalue weighted by Crippen LogP contribution is -2.62. The van der Waals surface area contributed by atoms with E-state index in [4.69, 9.17) is 9.47 Å². The Morgan fingerprint density at radius 1 is 1.64 bits per heavy atom. The monoisotopic (exact) mass is 217 g/mol. The van der Waals surface area contributed by atoms with Crippen molar-refractivity contribution in [1.29, 1.82) is 0 Å². The number of hydrogen-bond acceptors (Lipinski definition) is 4. The molecule has 2 fully saturated rings. The molecule has 0 aromatic carbocycles. The summed E-state index contributed by atoms with van der Waals surface area (Å²) < 4.78 is 11.3. The second-order valence-electron chi connectivity index (χ2n) is 4.03. The van der Waals surface area contributed by atoms with Crippen LogP contribution in [0.1, 0.15) is 12.8 Å².